The lowest BCUT2D eigenvalue weighted by Gasteiger charge is -2.33. The number of thiophene rings is 1. The van der Waals surface area contributed by atoms with E-state index in [1.807, 2.05) is 24.8 Å². The topological polar surface area (TPSA) is 75.4 Å². The van der Waals surface area contributed by atoms with E-state index in [1.54, 1.807) is 16.7 Å². The molecule has 2 heterocycles. The van der Waals surface area contributed by atoms with Gasteiger partial charge in [0.1, 0.15) is 0 Å². The maximum Gasteiger partial charge on any atom is 0.249 e. The molecule has 1 aromatic rings. The molecule has 0 spiro atoms. The van der Waals surface area contributed by atoms with E-state index >= 15 is 0 Å². The fourth-order valence-corrected chi connectivity index (χ4v) is 3.34. The van der Waals surface area contributed by atoms with Crippen molar-refractivity contribution in [2.75, 3.05) is 13.1 Å². The Labute approximate surface area is 129 Å². The first-order valence-electron chi connectivity index (χ1n) is 7.36. The number of carbonyl (C=O) groups excluding carboxylic acids is 2. The first kappa shape index (κ1) is 16.0. The second-order valence-electron chi connectivity index (χ2n) is 5.80. The SMILES string of the molecule is CC(C)C(=O)N1CCC(NCc2cc(C(N)=O)cs2)CC1. The summed E-state index contributed by atoms with van der Waals surface area (Å²) in [5, 5.41) is 5.29. The Morgan fingerprint density at radius 1 is 1.43 bits per heavy atom. The van der Waals surface area contributed by atoms with Gasteiger partial charge in [0.15, 0.2) is 0 Å². The number of nitrogens with one attached hydrogen (secondary N) is 1. The monoisotopic (exact) mass is 309 g/mol. The Bertz CT molecular complexity index is 505. The average molecular weight is 309 g/mol. The summed E-state index contributed by atoms with van der Waals surface area (Å²) in [4.78, 5) is 26.0. The highest BCUT2D eigenvalue weighted by Crippen LogP contribution is 2.17. The van der Waals surface area contributed by atoms with Gasteiger partial charge in [0.25, 0.3) is 0 Å². The van der Waals surface area contributed by atoms with Crippen molar-refractivity contribution in [1.29, 1.82) is 0 Å². The molecule has 5 nitrogen and oxygen atoms in total. The molecule has 1 aliphatic rings. The molecular weight excluding hydrogens is 286 g/mol. The summed E-state index contributed by atoms with van der Waals surface area (Å²) in [6, 6.07) is 2.28. The van der Waals surface area contributed by atoms with E-state index in [9.17, 15) is 9.59 Å². The predicted octanol–water partition coefficient (Wildman–Crippen LogP) is 1.58. The Balaban J connectivity index is 1.76. The molecule has 116 valence electrons. The van der Waals surface area contributed by atoms with Gasteiger partial charge in [0.05, 0.1) is 5.56 Å². The molecule has 0 aromatic carbocycles. The lowest BCUT2D eigenvalue weighted by molar-refractivity contribution is -0.135. The summed E-state index contributed by atoms with van der Waals surface area (Å²) in [6.07, 6.45) is 1.96. The molecule has 0 aliphatic carbocycles. The van der Waals surface area contributed by atoms with E-state index < -0.39 is 0 Å². The first-order chi connectivity index (χ1) is 9.97. The minimum absolute atomic E-state index is 0.0767. The summed E-state index contributed by atoms with van der Waals surface area (Å²) in [5.41, 5.74) is 5.82. The van der Waals surface area contributed by atoms with Gasteiger partial charge >= 0.3 is 0 Å². The van der Waals surface area contributed by atoms with Gasteiger partial charge in [-0.3, -0.25) is 9.59 Å². The maximum atomic E-state index is 11.9. The zero-order valence-corrected chi connectivity index (χ0v) is 13.4. The number of primary amides is 1. The van der Waals surface area contributed by atoms with Crippen LogP contribution in [0.3, 0.4) is 0 Å². The average Bonchev–Trinajstić information content (AvgIpc) is 2.94. The minimum atomic E-state index is -0.377. The normalized spacial score (nSPS) is 16.4. The van der Waals surface area contributed by atoms with Crippen LogP contribution < -0.4 is 11.1 Å². The predicted molar refractivity (Wildman–Crippen MR) is 84.1 cm³/mol. The van der Waals surface area contributed by atoms with Crippen molar-refractivity contribution >= 4 is 23.2 Å². The highest BCUT2D eigenvalue weighted by molar-refractivity contribution is 7.10. The summed E-state index contributed by atoms with van der Waals surface area (Å²) in [5.74, 6) is -0.0522. The molecule has 0 atom stereocenters. The molecule has 1 aliphatic heterocycles. The zero-order valence-electron chi connectivity index (χ0n) is 12.6. The fourth-order valence-electron chi connectivity index (χ4n) is 2.52. The van der Waals surface area contributed by atoms with E-state index in [0.717, 1.165) is 37.4 Å². The number of nitrogens with zero attached hydrogens (tertiary/aromatic N) is 1. The Kier molecular flexibility index (Phi) is 5.36. The van der Waals surface area contributed by atoms with Crippen molar-refractivity contribution in [2.45, 2.75) is 39.3 Å². The van der Waals surface area contributed by atoms with Crippen LogP contribution in [0, 0.1) is 5.92 Å². The van der Waals surface area contributed by atoms with Crippen LogP contribution in [0.15, 0.2) is 11.4 Å². The number of hydrogen-bond acceptors (Lipinski definition) is 4. The molecule has 0 radical (unpaired) electrons. The first-order valence-corrected chi connectivity index (χ1v) is 8.24. The summed E-state index contributed by atoms with van der Waals surface area (Å²) >= 11 is 1.55. The number of likely N-dealkylation sites (tertiary alicyclic amines) is 1. The van der Waals surface area contributed by atoms with Gasteiger partial charge in [-0.05, 0) is 18.9 Å². The van der Waals surface area contributed by atoms with Crippen molar-refractivity contribution in [3.63, 3.8) is 0 Å². The van der Waals surface area contributed by atoms with E-state index in [4.69, 9.17) is 5.73 Å². The van der Waals surface area contributed by atoms with Crippen LogP contribution in [0.2, 0.25) is 0 Å². The van der Waals surface area contributed by atoms with Crippen LogP contribution in [0.1, 0.15) is 41.9 Å². The highest BCUT2D eigenvalue weighted by atomic mass is 32.1. The van der Waals surface area contributed by atoms with Crippen LogP contribution in [0.4, 0.5) is 0 Å². The van der Waals surface area contributed by atoms with E-state index in [1.165, 1.54) is 0 Å². The van der Waals surface area contributed by atoms with E-state index in [2.05, 4.69) is 5.32 Å². The molecule has 1 aromatic heterocycles. The van der Waals surface area contributed by atoms with Crippen molar-refractivity contribution in [1.82, 2.24) is 10.2 Å². The van der Waals surface area contributed by atoms with Gasteiger partial charge < -0.3 is 16.0 Å². The number of nitrogens with two attached hydrogens (primary N) is 1. The maximum absolute atomic E-state index is 11.9. The Morgan fingerprint density at radius 3 is 2.62 bits per heavy atom. The van der Waals surface area contributed by atoms with E-state index in [0.29, 0.717) is 11.6 Å². The van der Waals surface area contributed by atoms with Crippen molar-refractivity contribution in [3.05, 3.63) is 21.9 Å². The van der Waals surface area contributed by atoms with Gasteiger partial charge in [-0.15, -0.1) is 11.3 Å². The Morgan fingerprint density at radius 2 is 2.10 bits per heavy atom. The van der Waals surface area contributed by atoms with Crippen molar-refractivity contribution < 1.29 is 9.59 Å². The van der Waals surface area contributed by atoms with Crippen molar-refractivity contribution in [3.8, 4) is 0 Å². The van der Waals surface area contributed by atoms with Gasteiger partial charge in [0.2, 0.25) is 11.8 Å². The fraction of sp³-hybridized carbons (Fsp3) is 0.600. The second kappa shape index (κ2) is 7.04. The smallest absolute Gasteiger partial charge is 0.249 e. The number of hydrogen-bond donors (Lipinski definition) is 2. The largest absolute Gasteiger partial charge is 0.366 e. The molecule has 21 heavy (non-hydrogen) atoms. The number of piperidine rings is 1. The van der Waals surface area contributed by atoms with Crippen LogP contribution in [-0.2, 0) is 11.3 Å². The molecule has 1 fully saturated rings. The zero-order chi connectivity index (χ0) is 15.4. The molecular formula is C15H23N3O2S. The third-order valence-corrected chi connectivity index (χ3v) is 4.74. The van der Waals surface area contributed by atoms with Crippen LogP contribution in [0.5, 0.6) is 0 Å². The number of rotatable bonds is 5. The standard InChI is InChI=1S/C15H23N3O2S/c1-10(2)15(20)18-5-3-12(4-6-18)17-8-13-7-11(9-21-13)14(16)19/h7,9-10,12,17H,3-6,8H2,1-2H3,(H2,16,19). The van der Waals surface area contributed by atoms with Crippen molar-refractivity contribution in [2.24, 2.45) is 11.7 Å². The van der Waals surface area contributed by atoms with E-state index in [-0.39, 0.29) is 17.7 Å². The van der Waals surface area contributed by atoms with Gasteiger partial charge in [-0.25, -0.2) is 0 Å². The third kappa shape index (κ3) is 4.28. The van der Waals surface area contributed by atoms with Crippen LogP contribution in [0.25, 0.3) is 0 Å². The molecule has 6 heteroatoms. The molecule has 0 unspecified atom stereocenters. The summed E-state index contributed by atoms with van der Waals surface area (Å²) in [6.45, 7) is 6.29. The Hall–Kier alpha value is -1.40. The molecule has 0 bridgehead atoms. The van der Waals surface area contributed by atoms with Gasteiger partial charge in [-0.1, -0.05) is 13.8 Å². The third-order valence-electron chi connectivity index (χ3n) is 3.80. The highest BCUT2D eigenvalue weighted by Gasteiger charge is 2.23. The molecule has 2 amide bonds. The van der Waals surface area contributed by atoms with Gasteiger partial charge in [-0.2, -0.15) is 0 Å². The second-order valence-corrected chi connectivity index (χ2v) is 6.80. The number of carbonyl (C=O) groups is 2. The van der Waals surface area contributed by atoms with Crippen LogP contribution in [-0.4, -0.2) is 35.8 Å². The summed E-state index contributed by atoms with van der Waals surface area (Å²) < 4.78 is 0. The van der Waals surface area contributed by atoms with Gasteiger partial charge in [0, 0.05) is 41.9 Å². The molecule has 0 saturated carbocycles. The molecule has 2 rings (SSSR count). The molecule has 1 saturated heterocycles. The lowest BCUT2D eigenvalue weighted by Crippen LogP contribution is -2.45. The summed E-state index contributed by atoms with van der Waals surface area (Å²) in [7, 11) is 0. The lowest BCUT2D eigenvalue weighted by atomic mass is 10.0. The van der Waals surface area contributed by atoms with Crippen LogP contribution >= 0.6 is 11.3 Å². The minimum Gasteiger partial charge on any atom is -0.366 e. The number of amides is 2. The molecule has 3 N–H and O–H groups in total. The quantitative estimate of drug-likeness (QED) is 0.867.